The predicted octanol–water partition coefficient (Wildman–Crippen LogP) is 3.80. The molecule has 0 aliphatic heterocycles. The first-order valence-electron chi connectivity index (χ1n) is 7.40. The van der Waals surface area contributed by atoms with Crippen LogP contribution in [0.2, 0.25) is 5.02 Å². The molecule has 0 aliphatic carbocycles. The second-order valence-electron chi connectivity index (χ2n) is 5.07. The van der Waals surface area contributed by atoms with E-state index in [1.807, 2.05) is 48.5 Å². The molecule has 0 atom stereocenters. The summed E-state index contributed by atoms with van der Waals surface area (Å²) < 4.78 is 0. The third-order valence-corrected chi connectivity index (χ3v) is 3.71. The van der Waals surface area contributed by atoms with E-state index < -0.39 is 0 Å². The van der Waals surface area contributed by atoms with E-state index in [2.05, 4.69) is 20.8 Å². The van der Waals surface area contributed by atoms with Crippen LogP contribution in [0.5, 0.6) is 0 Å². The standard InChI is InChI=1S/C18H15ClN4O/c19-15-9-5-4-6-13(15)12-20-18(24)16-10-11-17(23-22-16)21-14-7-2-1-3-8-14/h1-11H,12H2,(H,20,24)(H,21,23). The van der Waals surface area contributed by atoms with Crippen molar-refractivity contribution in [3.05, 3.63) is 83.0 Å². The zero-order chi connectivity index (χ0) is 16.8. The van der Waals surface area contributed by atoms with Crippen molar-refractivity contribution in [2.75, 3.05) is 5.32 Å². The van der Waals surface area contributed by atoms with E-state index >= 15 is 0 Å². The Balaban J connectivity index is 1.61. The van der Waals surface area contributed by atoms with Gasteiger partial charge >= 0.3 is 0 Å². The summed E-state index contributed by atoms with van der Waals surface area (Å²) in [6, 6.07) is 20.3. The summed E-state index contributed by atoms with van der Waals surface area (Å²) in [7, 11) is 0. The lowest BCUT2D eigenvalue weighted by Crippen LogP contribution is -2.24. The van der Waals surface area contributed by atoms with Crippen LogP contribution in [0.3, 0.4) is 0 Å². The van der Waals surface area contributed by atoms with Gasteiger partial charge < -0.3 is 10.6 Å². The highest BCUT2D eigenvalue weighted by atomic mass is 35.5. The van der Waals surface area contributed by atoms with Crippen LogP contribution < -0.4 is 10.6 Å². The Morgan fingerprint density at radius 2 is 1.67 bits per heavy atom. The van der Waals surface area contributed by atoms with Gasteiger partial charge in [0, 0.05) is 17.3 Å². The molecule has 5 nitrogen and oxygen atoms in total. The largest absolute Gasteiger partial charge is 0.347 e. The summed E-state index contributed by atoms with van der Waals surface area (Å²) in [5.74, 6) is 0.275. The summed E-state index contributed by atoms with van der Waals surface area (Å²) in [6.45, 7) is 0.338. The van der Waals surface area contributed by atoms with E-state index in [0.29, 0.717) is 17.4 Å². The van der Waals surface area contributed by atoms with Crippen molar-refractivity contribution in [3.63, 3.8) is 0 Å². The van der Waals surface area contributed by atoms with E-state index in [4.69, 9.17) is 11.6 Å². The van der Waals surface area contributed by atoms with E-state index in [0.717, 1.165) is 11.3 Å². The molecule has 24 heavy (non-hydrogen) atoms. The van der Waals surface area contributed by atoms with Crippen molar-refractivity contribution in [1.29, 1.82) is 0 Å². The molecule has 0 spiro atoms. The lowest BCUT2D eigenvalue weighted by Gasteiger charge is -2.07. The SMILES string of the molecule is O=C(NCc1ccccc1Cl)c1ccc(Nc2ccccc2)nn1. The lowest BCUT2D eigenvalue weighted by atomic mass is 10.2. The minimum absolute atomic E-state index is 0.251. The van der Waals surface area contributed by atoms with Crippen molar-refractivity contribution in [3.8, 4) is 0 Å². The number of hydrogen-bond acceptors (Lipinski definition) is 4. The van der Waals surface area contributed by atoms with Crippen LogP contribution in [0.15, 0.2) is 66.7 Å². The van der Waals surface area contributed by atoms with Gasteiger partial charge in [0.15, 0.2) is 11.5 Å². The van der Waals surface area contributed by atoms with Crippen LogP contribution in [0.1, 0.15) is 16.1 Å². The average Bonchev–Trinajstić information content (AvgIpc) is 2.62. The number of benzene rings is 2. The van der Waals surface area contributed by atoms with Crippen molar-refractivity contribution in [1.82, 2.24) is 15.5 Å². The zero-order valence-corrected chi connectivity index (χ0v) is 13.5. The second kappa shape index (κ2) is 7.57. The molecule has 1 aromatic heterocycles. The lowest BCUT2D eigenvalue weighted by molar-refractivity contribution is 0.0945. The van der Waals surface area contributed by atoms with Gasteiger partial charge in [0.25, 0.3) is 5.91 Å². The van der Waals surface area contributed by atoms with Crippen LogP contribution in [-0.2, 0) is 6.54 Å². The van der Waals surface area contributed by atoms with Crippen molar-refractivity contribution in [2.24, 2.45) is 0 Å². The minimum atomic E-state index is -0.298. The summed E-state index contributed by atoms with van der Waals surface area (Å²) in [5, 5.41) is 14.5. The van der Waals surface area contributed by atoms with Gasteiger partial charge in [0.05, 0.1) is 0 Å². The highest BCUT2D eigenvalue weighted by Gasteiger charge is 2.09. The van der Waals surface area contributed by atoms with Gasteiger partial charge in [0.1, 0.15) is 0 Å². The molecule has 3 rings (SSSR count). The second-order valence-corrected chi connectivity index (χ2v) is 5.48. The number of amides is 1. The Bertz CT molecular complexity index is 822. The third kappa shape index (κ3) is 4.08. The van der Waals surface area contributed by atoms with Gasteiger partial charge in [-0.25, -0.2) is 0 Å². The number of hydrogen-bond donors (Lipinski definition) is 2. The first-order valence-corrected chi connectivity index (χ1v) is 7.77. The molecule has 0 fully saturated rings. The molecule has 6 heteroatoms. The van der Waals surface area contributed by atoms with Crippen molar-refractivity contribution < 1.29 is 4.79 Å². The number of rotatable bonds is 5. The van der Waals surface area contributed by atoms with Gasteiger partial charge in [-0.05, 0) is 35.9 Å². The third-order valence-electron chi connectivity index (χ3n) is 3.34. The predicted molar refractivity (Wildman–Crippen MR) is 94.4 cm³/mol. The Hall–Kier alpha value is -2.92. The normalized spacial score (nSPS) is 10.2. The molecule has 1 heterocycles. The Labute approximate surface area is 144 Å². The number of halogens is 1. The number of carbonyl (C=O) groups is 1. The van der Waals surface area contributed by atoms with E-state index in [9.17, 15) is 4.79 Å². The molecule has 2 N–H and O–H groups in total. The smallest absolute Gasteiger partial charge is 0.272 e. The first kappa shape index (κ1) is 16.0. The fraction of sp³-hybridized carbons (Fsp3) is 0.0556. The molecule has 0 unspecified atom stereocenters. The van der Waals surface area contributed by atoms with Crippen LogP contribution >= 0.6 is 11.6 Å². The quantitative estimate of drug-likeness (QED) is 0.742. The van der Waals surface area contributed by atoms with Crippen LogP contribution in [-0.4, -0.2) is 16.1 Å². The van der Waals surface area contributed by atoms with E-state index in [1.54, 1.807) is 18.2 Å². The molecule has 0 bridgehead atoms. The maximum absolute atomic E-state index is 12.1. The van der Waals surface area contributed by atoms with Crippen molar-refractivity contribution in [2.45, 2.75) is 6.54 Å². The van der Waals surface area contributed by atoms with Crippen molar-refractivity contribution >= 4 is 29.0 Å². The number of anilines is 2. The summed E-state index contributed by atoms with van der Waals surface area (Å²) in [6.07, 6.45) is 0. The summed E-state index contributed by atoms with van der Waals surface area (Å²) in [4.78, 5) is 12.1. The summed E-state index contributed by atoms with van der Waals surface area (Å²) >= 11 is 6.06. The molecule has 0 aliphatic rings. The molecular formula is C18H15ClN4O. The van der Waals surface area contributed by atoms with E-state index in [1.165, 1.54) is 0 Å². The number of nitrogens with one attached hydrogen (secondary N) is 2. The Morgan fingerprint density at radius 3 is 2.38 bits per heavy atom. The molecule has 1 amide bonds. The van der Waals surface area contributed by atoms with Gasteiger partial charge in [-0.3, -0.25) is 4.79 Å². The molecule has 2 aromatic carbocycles. The highest BCUT2D eigenvalue weighted by Crippen LogP contribution is 2.15. The highest BCUT2D eigenvalue weighted by molar-refractivity contribution is 6.31. The maximum atomic E-state index is 12.1. The topological polar surface area (TPSA) is 66.9 Å². The molecule has 3 aromatic rings. The maximum Gasteiger partial charge on any atom is 0.272 e. The van der Waals surface area contributed by atoms with Crippen LogP contribution in [0, 0.1) is 0 Å². The minimum Gasteiger partial charge on any atom is -0.347 e. The van der Waals surface area contributed by atoms with Gasteiger partial charge in [0.2, 0.25) is 0 Å². The molecule has 0 radical (unpaired) electrons. The van der Waals surface area contributed by atoms with Gasteiger partial charge in [-0.2, -0.15) is 0 Å². The fourth-order valence-corrected chi connectivity index (χ4v) is 2.30. The number of carbonyl (C=O) groups excluding carboxylic acids is 1. The zero-order valence-electron chi connectivity index (χ0n) is 12.7. The van der Waals surface area contributed by atoms with Crippen LogP contribution in [0.4, 0.5) is 11.5 Å². The summed E-state index contributed by atoms with van der Waals surface area (Å²) in [5.41, 5.74) is 2.01. The molecule has 120 valence electrons. The molecule has 0 saturated carbocycles. The number of nitrogens with zero attached hydrogens (tertiary/aromatic N) is 2. The number of aromatic nitrogens is 2. The average molecular weight is 339 g/mol. The van der Waals surface area contributed by atoms with Crippen LogP contribution in [0.25, 0.3) is 0 Å². The van der Waals surface area contributed by atoms with Gasteiger partial charge in [-0.15, -0.1) is 10.2 Å². The van der Waals surface area contributed by atoms with E-state index in [-0.39, 0.29) is 11.6 Å². The first-order chi connectivity index (χ1) is 11.7. The Morgan fingerprint density at radius 1 is 0.917 bits per heavy atom. The van der Waals surface area contributed by atoms with Gasteiger partial charge in [-0.1, -0.05) is 48.0 Å². The number of para-hydroxylation sites is 1. The fourth-order valence-electron chi connectivity index (χ4n) is 2.10. The molecule has 0 saturated heterocycles. The monoisotopic (exact) mass is 338 g/mol. The molecular weight excluding hydrogens is 324 g/mol. The Kier molecular flexibility index (Phi) is 5.03.